The first-order chi connectivity index (χ1) is 48.7. The standard InChI is InChI=1S/C19H26F9NO4.C13H21F3O4.C12H19F3O4.C11H19F3O3.C10H17F3O3/c1-4-17(22,23)14(32-11(2)30)10-29-7-5-12(6-8-29)9-13(18(24,25)16(3,20)21)33-15(31)19(26,27)28;1-2-12(17)20-11(13(14,15)16)9-19-8-5-10-3-6-18-7-4-10;1-9(16)19-11(12(13,14)15)8-18-7-4-10-2-5-17-6-3-10;1-15-10(11(12,13)14)8-17-7-4-9-2-5-16-6-3-9;11-10(12,13)9(14)7-16-6-3-8-1-4-15-5-2-8/h12-14H,4-10H2,1-3H3;10-11H,2-9H2,1H3;10-11H,2-8H2,1H3;9-10H,2-8H2,1H3;8-9,14H,1-7H2. The molecule has 19 nitrogen and oxygen atoms in total. The first-order valence-corrected chi connectivity index (χ1v) is 34.4. The molecule has 0 spiro atoms. The van der Waals surface area contributed by atoms with Crippen LogP contribution < -0.4 is 0 Å². The summed E-state index contributed by atoms with van der Waals surface area (Å²) in [6.45, 7) is 8.35. The van der Waals surface area contributed by atoms with E-state index in [1.807, 2.05) is 0 Å². The van der Waals surface area contributed by atoms with Crippen LogP contribution in [-0.4, -0.2) is 252 Å². The van der Waals surface area contributed by atoms with E-state index in [4.69, 9.17) is 43.0 Å². The Labute approximate surface area is 596 Å². The summed E-state index contributed by atoms with van der Waals surface area (Å²) < 4.78 is 330. The van der Waals surface area contributed by atoms with Crippen molar-refractivity contribution in [2.75, 3.05) is 132 Å². The van der Waals surface area contributed by atoms with Crippen LogP contribution in [0.3, 0.4) is 0 Å². The molecule has 0 aromatic rings. The molecule has 5 aliphatic heterocycles. The van der Waals surface area contributed by atoms with Crippen molar-refractivity contribution in [2.45, 2.75) is 229 Å². The van der Waals surface area contributed by atoms with Crippen LogP contribution in [0.15, 0.2) is 0 Å². The van der Waals surface area contributed by atoms with Crippen molar-refractivity contribution >= 4 is 23.9 Å². The number of esters is 4. The molecule has 0 saturated carbocycles. The molecule has 6 unspecified atom stereocenters. The molecule has 0 aromatic carbocycles. The lowest BCUT2D eigenvalue weighted by Gasteiger charge is -2.38. The van der Waals surface area contributed by atoms with E-state index in [0.717, 1.165) is 112 Å². The van der Waals surface area contributed by atoms with Gasteiger partial charge >= 0.3 is 66.6 Å². The van der Waals surface area contributed by atoms with Gasteiger partial charge in [-0.15, -0.1) is 0 Å². The van der Waals surface area contributed by atoms with E-state index in [-0.39, 0.29) is 65.6 Å². The second kappa shape index (κ2) is 49.3. The maximum Gasteiger partial charge on any atom is 0.490 e. The molecule has 5 heterocycles. The average molecular weight is 1580 g/mol. The number of alkyl halides is 21. The predicted octanol–water partition coefficient (Wildman–Crippen LogP) is 14.0. The molecule has 0 bridgehead atoms. The van der Waals surface area contributed by atoms with Crippen LogP contribution in [0.4, 0.5) is 92.2 Å². The maximum absolute atomic E-state index is 14.1. The van der Waals surface area contributed by atoms with Gasteiger partial charge in [-0.2, -0.15) is 74.6 Å². The highest BCUT2D eigenvalue weighted by molar-refractivity contribution is 5.75. The van der Waals surface area contributed by atoms with Gasteiger partial charge in [0, 0.05) is 127 Å². The van der Waals surface area contributed by atoms with Gasteiger partial charge in [0.2, 0.25) is 12.2 Å². The lowest BCUT2D eigenvalue weighted by Crippen LogP contribution is -2.52. The highest BCUT2D eigenvalue weighted by atomic mass is 19.4. The molecule has 0 radical (unpaired) electrons. The smallest absolute Gasteiger partial charge is 0.455 e. The van der Waals surface area contributed by atoms with Crippen molar-refractivity contribution in [3.63, 3.8) is 0 Å². The molecule has 0 aliphatic carbocycles. The first-order valence-electron chi connectivity index (χ1n) is 34.4. The highest BCUT2D eigenvalue weighted by Gasteiger charge is 2.61. The average Bonchev–Trinajstić information content (AvgIpc) is 0.791. The van der Waals surface area contributed by atoms with Crippen molar-refractivity contribution in [3.05, 3.63) is 0 Å². The first kappa shape index (κ1) is 99.0. The van der Waals surface area contributed by atoms with Gasteiger partial charge in [0.1, 0.15) is 0 Å². The molecule has 5 fully saturated rings. The molecule has 0 amide bonds. The number of hydrogen-bond acceptors (Lipinski definition) is 19. The minimum absolute atomic E-state index is 0.00372. The Bertz CT molecular complexity index is 2320. The number of rotatable bonds is 34. The van der Waals surface area contributed by atoms with Crippen LogP contribution in [-0.2, 0) is 80.8 Å². The zero-order chi connectivity index (χ0) is 79.9. The lowest BCUT2D eigenvalue weighted by molar-refractivity contribution is -0.267. The molecule has 1 N–H and O–H groups in total. The summed E-state index contributed by atoms with van der Waals surface area (Å²) in [6, 6.07) is 0. The summed E-state index contributed by atoms with van der Waals surface area (Å²) in [5, 5.41) is 8.65. The number of aliphatic hydroxyl groups is 1. The van der Waals surface area contributed by atoms with Crippen LogP contribution in [0.25, 0.3) is 0 Å². The van der Waals surface area contributed by atoms with E-state index in [9.17, 15) is 111 Å². The van der Waals surface area contributed by atoms with Crippen molar-refractivity contribution in [1.29, 1.82) is 0 Å². The van der Waals surface area contributed by atoms with Crippen molar-refractivity contribution in [3.8, 4) is 0 Å². The van der Waals surface area contributed by atoms with E-state index in [0.29, 0.717) is 69.5 Å². The fourth-order valence-electron chi connectivity index (χ4n) is 10.5. The van der Waals surface area contributed by atoms with Gasteiger partial charge in [0.25, 0.3) is 5.92 Å². The minimum atomic E-state index is -5.66. The van der Waals surface area contributed by atoms with Gasteiger partial charge in [-0.1, -0.05) is 13.8 Å². The maximum atomic E-state index is 14.1. The highest BCUT2D eigenvalue weighted by Crippen LogP contribution is 2.43. The third-order valence-corrected chi connectivity index (χ3v) is 17.2. The monoisotopic (exact) mass is 1580 g/mol. The number of halogens is 21. The topological polar surface area (TPSA) is 212 Å². The van der Waals surface area contributed by atoms with Gasteiger partial charge in [-0.05, 0) is 139 Å². The molecule has 6 atom stereocenters. The van der Waals surface area contributed by atoms with Crippen LogP contribution in [0, 0.1) is 29.6 Å². The normalized spacial score (nSPS) is 19.6. The number of carbonyl (C=O) groups excluding carboxylic acids is 4. The van der Waals surface area contributed by atoms with Crippen LogP contribution in [0.5, 0.6) is 0 Å². The number of piperidine rings is 1. The largest absolute Gasteiger partial charge is 0.490 e. The molecule has 5 aliphatic rings. The Morgan fingerprint density at radius 2 is 0.771 bits per heavy atom. The number of likely N-dealkylation sites (tertiary alicyclic amines) is 1. The van der Waals surface area contributed by atoms with Crippen molar-refractivity contribution in [2.24, 2.45) is 29.6 Å². The second-order valence-electron chi connectivity index (χ2n) is 25.6. The lowest BCUT2D eigenvalue weighted by atomic mass is 9.88. The summed E-state index contributed by atoms with van der Waals surface area (Å²) in [7, 11) is 1.04. The zero-order valence-corrected chi connectivity index (χ0v) is 59.6. The fourth-order valence-corrected chi connectivity index (χ4v) is 10.5. The minimum Gasteiger partial charge on any atom is -0.455 e. The molecule has 5 rings (SSSR count). The van der Waals surface area contributed by atoms with Crippen LogP contribution in [0.2, 0.25) is 0 Å². The quantitative estimate of drug-likeness (QED) is 0.0275. The number of carbonyl (C=O) groups is 4. The van der Waals surface area contributed by atoms with Gasteiger partial charge in [0.05, 0.1) is 26.4 Å². The molecule has 5 saturated heterocycles. The van der Waals surface area contributed by atoms with Gasteiger partial charge in [-0.25, -0.2) is 22.4 Å². The van der Waals surface area contributed by atoms with Crippen molar-refractivity contribution < 1.29 is 178 Å². The Morgan fingerprint density at radius 1 is 0.438 bits per heavy atom. The molecular formula is C65H102F21NO18. The Kier molecular flexibility index (Phi) is 46.4. The Hall–Kier alpha value is -4.03. The van der Waals surface area contributed by atoms with Crippen molar-refractivity contribution in [1.82, 2.24) is 4.90 Å². The number of ether oxygens (including phenoxy) is 13. The summed E-state index contributed by atoms with van der Waals surface area (Å²) in [6.07, 6.45) is -28.5. The Balaban J connectivity index is 0.000000676. The number of methoxy groups -OCH3 is 1. The van der Waals surface area contributed by atoms with E-state index < -0.39 is 154 Å². The summed E-state index contributed by atoms with van der Waals surface area (Å²) >= 11 is 0. The summed E-state index contributed by atoms with van der Waals surface area (Å²) in [4.78, 5) is 45.2. The third-order valence-electron chi connectivity index (χ3n) is 17.2. The summed E-state index contributed by atoms with van der Waals surface area (Å²) in [5.74, 6) is -18.0. The van der Waals surface area contributed by atoms with E-state index in [1.54, 1.807) is 0 Å². The molecular weight excluding hydrogens is 1480 g/mol. The summed E-state index contributed by atoms with van der Waals surface area (Å²) in [5.41, 5.74) is 0. The number of nitrogens with zero attached hydrogens (tertiary/aromatic N) is 1. The second-order valence-corrected chi connectivity index (χ2v) is 25.6. The fraction of sp³-hybridized carbons (Fsp3) is 0.938. The molecule has 105 heavy (non-hydrogen) atoms. The third kappa shape index (κ3) is 43.8. The van der Waals surface area contributed by atoms with E-state index >= 15 is 0 Å². The van der Waals surface area contributed by atoms with E-state index in [2.05, 4.69) is 23.7 Å². The molecule has 0 aromatic heterocycles. The van der Waals surface area contributed by atoms with Crippen LogP contribution >= 0.6 is 0 Å². The Morgan fingerprint density at radius 3 is 1.07 bits per heavy atom. The van der Waals surface area contributed by atoms with Gasteiger partial charge in [-0.3, -0.25) is 19.3 Å². The van der Waals surface area contributed by atoms with E-state index in [1.165, 1.54) is 18.7 Å². The SMILES string of the molecule is CC(=O)OC(COCCC1CCOCC1)C(F)(F)F.CCC(=O)OC(COCCC1CCOCC1)C(F)(F)F.CCC(F)(F)C(CN1CCC(CC(OC(=O)C(F)(F)F)C(F)(F)C(C)(F)F)CC1)OC(C)=O.COC(COCCC1CCOCC1)C(F)(F)F.OC(COCCC1CCOCC1)C(F)(F)F. The van der Waals surface area contributed by atoms with Gasteiger partial charge < -0.3 is 66.7 Å². The van der Waals surface area contributed by atoms with Gasteiger partial charge in [0.15, 0.2) is 24.4 Å². The van der Waals surface area contributed by atoms with Crippen LogP contribution in [0.1, 0.15) is 144 Å². The molecule has 622 valence electrons. The predicted molar refractivity (Wildman–Crippen MR) is 329 cm³/mol. The number of aliphatic hydroxyl groups excluding tert-OH is 1. The zero-order valence-electron chi connectivity index (χ0n) is 59.6. The number of hydrogen-bond donors (Lipinski definition) is 1. The molecule has 40 heteroatoms.